The first kappa shape index (κ1) is 17.2. The average molecular weight is 284 g/mol. The quantitative estimate of drug-likeness (QED) is 0.917. The fraction of sp³-hybridized carbons (Fsp3) is 0.500. The predicted molar refractivity (Wildman–Crippen MR) is 66.7 cm³/mol. The molecule has 0 aliphatic heterocycles. The molecular formula is C12H17ClF3NO. The first-order valence-electron chi connectivity index (χ1n) is 5.35. The Hall–Kier alpha value is -0.780. The van der Waals surface area contributed by atoms with Gasteiger partial charge in [-0.2, -0.15) is 13.2 Å². The third kappa shape index (κ3) is 5.25. The highest BCUT2D eigenvalue weighted by atomic mass is 35.5. The van der Waals surface area contributed by atoms with Crippen LogP contribution in [0.3, 0.4) is 0 Å². The Kier molecular flexibility index (Phi) is 6.67. The maximum Gasteiger partial charge on any atom is 0.416 e. The monoisotopic (exact) mass is 283 g/mol. The second-order valence-electron chi connectivity index (χ2n) is 4.11. The van der Waals surface area contributed by atoms with Crippen molar-refractivity contribution in [1.82, 2.24) is 0 Å². The maximum absolute atomic E-state index is 12.5. The Morgan fingerprint density at radius 1 is 1.28 bits per heavy atom. The van der Waals surface area contributed by atoms with E-state index in [1.165, 1.54) is 6.07 Å². The number of ether oxygens (including phenoxy) is 1. The Bertz CT molecular complexity index is 369. The van der Waals surface area contributed by atoms with Crippen LogP contribution in [0, 0.1) is 0 Å². The summed E-state index contributed by atoms with van der Waals surface area (Å²) in [6.07, 6.45) is -4.33. The first-order chi connectivity index (χ1) is 7.80. The topological polar surface area (TPSA) is 35.2 Å². The van der Waals surface area contributed by atoms with Gasteiger partial charge < -0.3 is 10.5 Å². The largest absolute Gasteiger partial charge is 0.416 e. The van der Waals surface area contributed by atoms with Crippen molar-refractivity contribution in [2.24, 2.45) is 5.73 Å². The summed E-state index contributed by atoms with van der Waals surface area (Å²) in [5.41, 5.74) is 5.51. The predicted octanol–water partition coefficient (Wildman–Crippen LogP) is 3.55. The zero-order valence-corrected chi connectivity index (χ0v) is 11.0. The van der Waals surface area contributed by atoms with E-state index < -0.39 is 17.8 Å². The molecule has 6 heteroatoms. The van der Waals surface area contributed by atoms with Crippen LogP contribution >= 0.6 is 12.4 Å². The highest BCUT2D eigenvalue weighted by molar-refractivity contribution is 5.85. The van der Waals surface area contributed by atoms with Crippen LogP contribution in [-0.4, -0.2) is 12.7 Å². The fourth-order valence-corrected chi connectivity index (χ4v) is 1.34. The summed E-state index contributed by atoms with van der Waals surface area (Å²) in [5.74, 6) is 0. The molecule has 1 aromatic rings. The van der Waals surface area contributed by atoms with Gasteiger partial charge in [0.1, 0.15) is 0 Å². The Balaban J connectivity index is 0.00000289. The lowest BCUT2D eigenvalue weighted by Gasteiger charge is -2.16. The average Bonchev–Trinajstić information content (AvgIpc) is 2.25. The van der Waals surface area contributed by atoms with Crippen molar-refractivity contribution in [3.63, 3.8) is 0 Å². The molecule has 0 amide bonds. The van der Waals surface area contributed by atoms with Gasteiger partial charge in [0.15, 0.2) is 0 Å². The number of benzene rings is 1. The van der Waals surface area contributed by atoms with E-state index in [-0.39, 0.29) is 25.1 Å². The van der Waals surface area contributed by atoms with E-state index in [4.69, 9.17) is 10.5 Å². The molecule has 2 N–H and O–H groups in total. The molecule has 0 aliphatic carbocycles. The number of rotatable bonds is 4. The molecule has 1 aromatic carbocycles. The molecular weight excluding hydrogens is 267 g/mol. The molecule has 0 bridgehead atoms. The molecule has 0 saturated heterocycles. The van der Waals surface area contributed by atoms with Gasteiger partial charge in [-0.25, -0.2) is 0 Å². The van der Waals surface area contributed by atoms with Crippen LogP contribution in [0.5, 0.6) is 0 Å². The van der Waals surface area contributed by atoms with E-state index in [9.17, 15) is 13.2 Å². The molecule has 104 valence electrons. The third-order valence-corrected chi connectivity index (χ3v) is 2.25. The van der Waals surface area contributed by atoms with Crippen LogP contribution in [0.25, 0.3) is 0 Å². The highest BCUT2D eigenvalue weighted by Gasteiger charge is 2.30. The molecule has 0 unspecified atom stereocenters. The summed E-state index contributed by atoms with van der Waals surface area (Å²) in [7, 11) is 0. The van der Waals surface area contributed by atoms with E-state index in [0.717, 1.165) is 12.1 Å². The maximum atomic E-state index is 12.5. The summed E-state index contributed by atoms with van der Waals surface area (Å²) in [4.78, 5) is 0. The van der Waals surface area contributed by atoms with Gasteiger partial charge in [0, 0.05) is 0 Å². The molecule has 0 spiro atoms. The van der Waals surface area contributed by atoms with Gasteiger partial charge in [-0.3, -0.25) is 0 Å². The van der Waals surface area contributed by atoms with Crippen LogP contribution < -0.4 is 5.73 Å². The minimum atomic E-state index is -4.34. The van der Waals surface area contributed by atoms with Gasteiger partial charge >= 0.3 is 6.18 Å². The normalized spacial score (nSPS) is 13.3. The number of hydrogen-bond donors (Lipinski definition) is 1. The zero-order chi connectivity index (χ0) is 13.1. The Labute approximate surface area is 111 Å². The van der Waals surface area contributed by atoms with Crippen LogP contribution in [0.1, 0.15) is 31.0 Å². The summed E-state index contributed by atoms with van der Waals surface area (Å²) in [6.45, 7) is 3.90. The van der Waals surface area contributed by atoms with Crippen LogP contribution in [0.15, 0.2) is 24.3 Å². The minimum absolute atomic E-state index is 0. The molecule has 0 aromatic heterocycles. The van der Waals surface area contributed by atoms with Gasteiger partial charge in [0.05, 0.1) is 24.3 Å². The summed E-state index contributed by atoms with van der Waals surface area (Å²) in [6, 6.07) is 4.48. The zero-order valence-electron chi connectivity index (χ0n) is 10.2. The molecule has 18 heavy (non-hydrogen) atoms. The van der Waals surface area contributed by atoms with Gasteiger partial charge in [0.25, 0.3) is 0 Å². The molecule has 0 aliphatic rings. The van der Waals surface area contributed by atoms with E-state index in [1.54, 1.807) is 6.07 Å². The first-order valence-corrected chi connectivity index (χ1v) is 5.35. The third-order valence-electron chi connectivity index (χ3n) is 2.25. The molecule has 0 saturated carbocycles. The van der Waals surface area contributed by atoms with Crippen molar-refractivity contribution in [3.05, 3.63) is 35.4 Å². The van der Waals surface area contributed by atoms with Crippen molar-refractivity contribution in [2.45, 2.75) is 32.2 Å². The molecule has 0 fully saturated rings. The van der Waals surface area contributed by atoms with E-state index in [0.29, 0.717) is 5.56 Å². The standard InChI is InChI=1S/C12H16F3NO.ClH/c1-8(2)17-7-11(16)9-4-3-5-10(6-9)12(13,14)15;/h3-6,8,11H,7,16H2,1-2H3;1H/t11-;/m0./s1. The number of alkyl halides is 3. The number of nitrogens with two attached hydrogens (primary N) is 1. The minimum Gasteiger partial charge on any atom is -0.377 e. The van der Waals surface area contributed by atoms with Gasteiger partial charge in [-0.1, -0.05) is 12.1 Å². The van der Waals surface area contributed by atoms with E-state index in [1.807, 2.05) is 13.8 Å². The van der Waals surface area contributed by atoms with Crippen molar-refractivity contribution in [1.29, 1.82) is 0 Å². The smallest absolute Gasteiger partial charge is 0.377 e. The SMILES string of the molecule is CC(C)OC[C@H](N)c1cccc(C(F)(F)F)c1.Cl. The Morgan fingerprint density at radius 2 is 1.89 bits per heavy atom. The van der Waals surface area contributed by atoms with E-state index >= 15 is 0 Å². The lowest BCUT2D eigenvalue weighted by Crippen LogP contribution is -2.20. The highest BCUT2D eigenvalue weighted by Crippen LogP contribution is 2.30. The van der Waals surface area contributed by atoms with Gasteiger partial charge in [0.2, 0.25) is 0 Å². The summed E-state index contributed by atoms with van der Waals surface area (Å²) < 4.78 is 42.7. The van der Waals surface area contributed by atoms with E-state index in [2.05, 4.69) is 0 Å². The molecule has 2 nitrogen and oxygen atoms in total. The van der Waals surface area contributed by atoms with Crippen LogP contribution in [0.4, 0.5) is 13.2 Å². The summed E-state index contributed by atoms with van der Waals surface area (Å²) in [5, 5.41) is 0. The van der Waals surface area contributed by atoms with Crippen molar-refractivity contribution in [3.8, 4) is 0 Å². The van der Waals surface area contributed by atoms with Gasteiger partial charge in [-0.15, -0.1) is 12.4 Å². The van der Waals surface area contributed by atoms with Crippen LogP contribution in [-0.2, 0) is 10.9 Å². The van der Waals surface area contributed by atoms with Crippen molar-refractivity contribution < 1.29 is 17.9 Å². The van der Waals surface area contributed by atoms with Crippen molar-refractivity contribution >= 4 is 12.4 Å². The second-order valence-corrected chi connectivity index (χ2v) is 4.11. The lowest BCUT2D eigenvalue weighted by atomic mass is 10.0. The number of halogens is 4. The number of hydrogen-bond acceptors (Lipinski definition) is 2. The molecule has 1 rings (SSSR count). The Morgan fingerprint density at radius 3 is 2.39 bits per heavy atom. The van der Waals surface area contributed by atoms with Crippen LogP contribution in [0.2, 0.25) is 0 Å². The molecule has 0 radical (unpaired) electrons. The molecule has 1 atom stereocenters. The van der Waals surface area contributed by atoms with Crippen molar-refractivity contribution in [2.75, 3.05) is 6.61 Å². The molecule has 0 heterocycles. The summed E-state index contributed by atoms with van der Waals surface area (Å²) >= 11 is 0. The van der Waals surface area contributed by atoms with Gasteiger partial charge in [-0.05, 0) is 31.5 Å². The lowest BCUT2D eigenvalue weighted by molar-refractivity contribution is -0.137. The second kappa shape index (κ2) is 6.97. The fourth-order valence-electron chi connectivity index (χ4n) is 1.34.